The molecule has 184 valence electrons. The highest BCUT2D eigenvalue weighted by atomic mass is 16.5. The van der Waals surface area contributed by atoms with Crippen LogP contribution in [0.15, 0.2) is 76.9 Å². The van der Waals surface area contributed by atoms with Crippen molar-refractivity contribution in [2.75, 3.05) is 21.3 Å². The van der Waals surface area contributed by atoms with Crippen molar-refractivity contribution in [2.24, 2.45) is 10.9 Å². The smallest absolute Gasteiger partial charge is 0.315 e. The summed E-state index contributed by atoms with van der Waals surface area (Å²) in [5, 5.41) is 2.09. The molecule has 3 aromatic rings. The van der Waals surface area contributed by atoms with Crippen LogP contribution in [0.5, 0.6) is 11.5 Å². The van der Waals surface area contributed by atoms with Crippen LogP contribution in [-0.4, -0.2) is 38.8 Å². The molecule has 0 radical (unpaired) electrons. The molecular weight excluding hydrogens is 454 g/mol. The van der Waals surface area contributed by atoms with Crippen molar-refractivity contribution in [3.63, 3.8) is 0 Å². The molecule has 3 aromatic carbocycles. The molecule has 6 nitrogen and oxygen atoms in total. The van der Waals surface area contributed by atoms with E-state index in [-0.39, 0.29) is 17.7 Å². The number of benzene rings is 3. The number of esters is 1. The first-order valence-electron chi connectivity index (χ1n) is 12.1. The Hall–Kier alpha value is -3.93. The molecule has 1 unspecified atom stereocenters. The minimum atomic E-state index is -0.652. The number of allylic oxidation sites excluding steroid dienone is 2. The second-order valence-corrected chi connectivity index (χ2v) is 9.30. The first kappa shape index (κ1) is 23.8. The van der Waals surface area contributed by atoms with Gasteiger partial charge in [0.1, 0.15) is 5.92 Å². The van der Waals surface area contributed by atoms with Crippen LogP contribution in [0.3, 0.4) is 0 Å². The van der Waals surface area contributed by atoms with Crippen LogP contribution < -0.4 is 9.47 Å². The van der Waals surface area contributed by atoms with Crippen molar-refractivity contribution in [3.8, 4) is 11.5 Å². The Bertz CT molecular complexity index is 1410. The number of nitrogens with zero attached hydrogens (tertiary/aromatic N) is 1. The van der Waals surface area contributed by atoms with Crippen molar-refractivity contribution in [1.29, 1.82) is 0 Å². The second kappa shape index (κ2) is 9.61. The number of Topliss-reactive ketones (excluding diaryl/α,β-unsaturated/α-hetero) is 1. The number of ether oxygens (including phenoxy) is 3. The quantitative estimate of drug-likeness (QED) is 0.441. The Morgan fingerprint density at radius 3 is 2.42 bits per heavy atom. The molecule has 1 heterocycles. The van der Waals surface area contributed by atoms with Crippen LogP contribution in [0, 0.1) is 5.92 Å². The number of rotatable bonds is 5. The monoisotopic (exact) mass is 483 g/mol. The number of hydrogen-bond acceptors (Lipinski definition) is 6. The molecule has 0 saturated heterocycles. The fourth-order valence-corrected chi connectivity index (χ4v) is 5.69. The van der Waals surface area contributed by atoms with Crippen LogP contribution in [0.2, 0.25) is 0 Å². The average Bonchev–Trinajstić information content (AvgIpc) is 2.91. The van der Waals surface area contributed by atoms with Crippen molar-refractivity contribution in [3.05, 3.63) is 83.1 Å². The van der Waals surface area contributed by atoms with Crippen LogP contribution >= 0.6 is 0 Å². The van der Waals surface area contributed by atoms with Crippen LogP contribution in [0.1, 0.15) is 42.7 Å². The zero-order valence-corrected chi connectivity index (χ0v) is 20.9. The molecule has 0 spiro atoms. The Kier molecular flexibility index (Phi) is 6.35. The molecule has 1 aliphatic heterocycles. The Morgan fingerprint density at radius 1 is 0.917 bits per heavy atom. The van der Waals surface area contributed by atoms with E-state index in [1.807, 2.05) is 67.6 Å². The van der Waals surface area contributed by atoms with Gasteiger partial charge in [-0.25, -0.2) is 0 Å². The first-order chi connectivity index (χ1) is 17.5. The number of ketones is 1. The predicted molar refractivity (Wildman–Crippen MR) is 139 cm³/mol. The van der Waals surface area contributed by atoms with Crippen LogP contribution in [-0.2, 0) is 14.3 Å². The number of carbonyl (C=O) groups is 2. The Labute approximate surface area is 210 Å². The van der Waals surface area contributed by atoms with Crippen LogP contribution in [0.4, 0.5) is 0 Å². The topological polar surface area (TPSA) is 74.2 Å². The van der Waals surface area contributed by atoms with E-state index in [4.69, 9.17) is 19.2 Å². The fraction of sp³-hybridized carbons (Fsp3) is 0.300. The van der Waals surface area contributed by atoms with Gasteiger partial charge in [0.05, 0.1) is 21.3 Å². The number of aliphatic imine (C=N–C) groups is 1. The maximum atomic E-state index is 13.8. The molecule has 0 fully saturated rings. The molecule has 0 aromatic heterocycles. The van der Waals surface area contributed by atoms with Crippen molar-refractivity contribution in [1.82, 2.24) is 0 Å². The average molecular weight is 484 g/mol. The molecule has 2 aliphatic rings. The number of carbonyl (C=O) groups excluding carboxylic acids is 2. The van der Waals surface area contributed by atoms with Gasteiger partial charge >= 0.3 is 5.97 Å². The van der Waals surface area contributed by atoms with E-state index in [9.17, 15) is 9.59 Å². The van der Waals surface area contributed by atoms with E-state index in [0.717, 1.165) is 27.6 Å². The third-order valence-corrected chi connectivity index (χ3v) is 7.38. The summed E-state index contributed by atoms with van der Waals surface area (Å²) in [6.07, 6.45) is 0.932. The van der Waals surface area contributed by atoms with E-state index in [1.54, 1.807) is 14.2 Å². The normalized spacial score (nSPS) is 21.6. The van der Waals surface area contributed by atoms with E-state index < -0.39 is 11.8 Å². The highest BCUT2D eigenvalue weighted by Gasteiger charge is 2.45. The standard InChI is InChI=1S/C30H29NO5/c1-17-27(30(33)36-4)28(22-11-7-9-18-8-5-6-10-21(18)22)29-23(31-17)14-20(15-24(29)32)19-12-13-25(34-2)26(16-19)35-3/h5-13,16,20,27-28H,14-15H2,1-4H3/t20-,27?,28-/m1/s1. The maximum absolute atomic E-state index is 13.8. The summed E-state index contributed by atoms with van der Waals surface area (Å²) in [5.74, 6) is -0.238. The van der Waals surface area contributed by atoms with Gasteiger partial charge in [-0.15, -0.1) is 0 Å². The Morgan fingerprint density at radius 2 is 1.67 bits per heavy atom. The summed E-state index contributed by atoms with van der Waals surface area (Å²) in [6.45, 7) is 1.86. The molecular formula is C30H29NO5. The number of hydrogen-bond donors (Lipinski definition) is 0. The minimum Gasteiger partial charge on any atom is -0.493 e. The molecule has 0 N–H and O–H groups in total. The van der Waals surface area contributed by atoms with E-state index >= 15 is 0 Å². The fourth-order valence-electron chi connectivity index (χ4n) is 5.69. The van der Waals surface area contributed by atoms with Gasteiger partial charge in [0.25, 0.3) is 0 Å². The SMILES string of the molecule is COC(=O)C1C(C)=NC2=C(C(=O)C[C@H](c3ccc(OC)c(OC)c3)C2)[C@@H]1c1cccc2ccccc12. The largest absolute Gasteiger partial charge is 0.493 e. The van der Waals surface area contributed by atoms with Gasteiger partial charge in [0, 0.05) is 29.3 Å². The van der Waals surface area contributed by atoms with Gasteiger partial charge in [-0.1, -0.05) is 48.5 Å². The Balaban J connectivity index is 1.64. The minimum absolute atomic E-state index is 0.0131. The summed E-state index contributed by atoms with van der Waals surface area (Å²) < 4.78 is 16.1. The summed E-state index contributed by atoms with van der Waals surface area (Å²) in [7, 11) is 4.59. The molecule has 3 atom stereocenters. The van der Waals surface area contributed by atoms with E-state index in [1.165, 1.54) is 7.11 Å². The third-order valence-electron chi connectivity index (χ3n) is 7.38. The molecule has 0 amide bonds. The zero-order chi connectivity index (χ0) is 25.4. The summed E-state index contributed by atoms with van der Waals surface area (Å²) in [4.78, 5) is 31.7. The van der Waals surface area contributed by atoms with E-state index in [2.05, 4.69) is 0 Å². The summed E-state index contributed by atoms with van der Waals surface area (Å²) in [5.41, 5.74) is 3.99. The highest BCUT2D eigenvalue weighted by molar-refractivity contribution is 6.10. The van der Waals surface area contributed by atoms with Gasteiger partial charge in [-0.2, -0.15) is 0 Å². The second-order valence-electron chi connectivity index (χ2n) is 9.30. The van der Waals surface area contributed by atoms with Crippen molar-refractivity contribution in [2.45, 2.75) is 31.6 Å². The van der Waals surface area contributed by atoms with Gasteiger partial charge in [-0.05, 0) is 53.3 Å². The molecule has 0 saturated carbocycles. The van der Waals surface area contributed by atoms with Crippen molar-refractivity contribution < 1.29 is 23.8 Å². The highest BCUT2D eigenvalue weighted by Crippen LogP contribution is 2.48. The van der Waals surface area contributed by atoms with Gasteiger partial charge in [0.2, 0.25) is 0 Å². The lowest BCUT2D eigenvalue weighted by Gasteiger charge is -2.36. The summed E-state index contributed by atoms with van der Waals surface area (Å²) in [6, 6.07) is 19.9. The molecule has 5 rings (SSSR count). The van der Waals surface area contributed by atoms with Gasteiger partial charge < -0.3 is 14.2 Å². The maximum Gasteiger partial charge on any atom is 0.315 e. The summed E-state index contributed by atoms with van der Waals surface area (Å²) >= 11 is 0. The molecule has 0 bridgehead atoms. The van der Waals surface area contributed by atoms with Gasteiger partial charge in [-0.3, -0.25) is 14.6 Å². The first-order valence-corrected chi connectivity index (χ1v) is 12.1. The lowest BCUT2D eigenvalue weighted by Crippen LogP contribution is -2.37. The number of fused-ring (bicyclic) bond motifs is 1. The third kappa shape index (κ3) is 3.96. The van der Waals surface area contributed by atoms with Gasteiger partial charge in [0.15, 0.2) is 17.3 Å². The molecule has 1 aliphatic carbocycles. The zero-order valence-electron chi connectivity index (χ0n) is 20.9. The number of methoxy groups -OCH3 is 3. The van der Waals surface area contributed by atoms with Crippen molar-refractivity contribution >= 4 is 28.2 Å². The molecule has 36 heavy (non-hydrogen) atoms. The lowest BCUT2D eigenvalue weighted by molar-refractivity contribution is -0.143. The van der Waals surface area contributed by atoms with Crippen LogP contribution in [0.25, 0.3) is 10.8 Å². The predicted octanol–water partition coefficient (Wildman–Crippen LogP) is 5.61. The molecule has 6 heteroatoms. The lowest BCUT2D eigenvalue weighted by atomic mass is 9.68. The van der Waals surface area contributed by atoms with E-state index in [0.29, 0.717) is 35.6 Å².